The van der Waals surface area contributed by atoms with E-state index >= 15 is 0 Å². The Morgan fingerprint density at radius 2 is 1.55 bits per heavy atom. The maximum Gasteiger partial charge on any atom is 0.243 e. The highest BCUT2D eigenvalue weighted by Crippen LogP contribution is 2.27. The second-order valence-electron chi connectivity index (χ2n) is 8.86. The fourth-order valence-electron chi connectivity index (χ4n) is 3.68. The zero-order chi connectivity index (χ0) is 24.5. The molecule has 0 radical (unpaired) electrons. The van der Waals surface area contributed by atoms with Gasteiger partial charge >= 0.3 is 0 Å². The number of carbonyl (C=O) groups is 2. The maximum atomic E-state index is 13.4. The van der Waals surface area contributed by atoms with Crippen molar-refractivity contribution < 1.29 is 9.59 Å². The van der Waals surface area contributed by atoms with E-state index in [9.17, 15) is 9.59 Å². The predicted octanol–water partition coefficient (Wildman–Crippen LogP) is 6.77. The Labute approximate surface area is 208 Å². The molecule has 33 heavy (non-hydrogen) atoms. The number of nitrogens with zero attached hydrogens (tertiary/aromatic N) is 1. The Balaban J connectivity index is 2.26. The van der Waals surface area contributed by atoms with Crippen LogP contribution in [0.15, 0.2) is 42.5 Å². The summed E-state index contributed by atoms with van der Waals surface area (Å²) in [5, 5.41) is 4.00. The molecule has 0 heterocycles. The summed E-state index contributed by atoms with van der Waals surface area (Å²) in [6, 6.07) is 13.1. The van der Waals surface area contributed by atoms with Gasteiger partial charge in [0.1, 0.15) is 6.04 Å². The highest BCUT2D eigenvalue weighted by Gasteiger charge is 2.30. The van der Waals surface area contributed by atoms with Crippen LogP contribution in [0, 0.1) is 0 Å². The first kappa shape index (κ1) is 27.2. The number of halogens is 2. The third-order valence-electron chi connectivity index (χ3n) is 6.05. The van der Waals surface area contributed by atoms with Gasteiger partial charge in [0.25, 0.3) is 0 Å². The van der Waals surface area contributed by atoms with Crippen LogP contribution in [-0.4, -0.2) is 28.8 Å². The van der Waals surface area contributed by atoms with E-state index in [2.05, 4.69) is 43.4 Å². The Kier molecular flexibility index (Phi) is 10.7. The summed E-state index contributed by atoms with van der Waals surface area (Å²) in [5.74, 6) is 0.223. The van der Waals surface area contributed by atoms with Gasteiger partial charge in [-0.15, -0.1) is 0 Å². The van der Waals surface area contributed by atoms with Crippen LogP contribution in [0.3, 0.4) is 0 Å². The molecule has 2 atom stereocenters. The average molecular weight is 492 g/mol. The summed E-state index contributed by atoms with van der Waals surface area (Å²) in [5.41, 5.74) is 3.03. The lowest BCUT2D eigenvalue weighted by Gasteiger charge is -2.32. The number of carbonyl (C=O) groups excluding carboxylic acids is 2. The highest BCUT2D eigenvalue weighted by atomic mass is 35.5. The molecular weight excluding hydrogens is 455 g/mol. The minimum atomic E-state index is -0.595. The number of hydrogen-bond acceptors (Lipinski definition) is 2. The van der Waals surface area contributed by atoms with E-state index < -0.39 is 6.04 Å². The van der Waals surface area contributed by atoms with Gasteiger partial charge in [-0.3, -0.25) is 9.59 Å². The smallest absolute Gasteiger partial charge is 0.243 e. The van der Waals surface area contributed by atoms with E-state index in [1.807, 2.05) is 20.8 Å². The van der Waals surface area contributed by atoms with E-state index in [0.717, 1.165) is 12.0 Å². The molecule has 2 aromatic carbocycles. The lowest BCUT2D eigenvalue weighted by Crippen LogP contribution is -2.50. The highest BCUT2D eigenvalue weighted by molar-refractivity contribution is 6.36. The quantitative estimate of drug-likeness (QED) is 0.377. The van der Waals surface area contributed by atoms with E-state index in [4.69, 9.17) is 23.2 Å². The standard InChI is InChI=1S/C27H36Cl2N2O2/c1-6-19(5)30-27(33)25(7-2)31(17-22-23(28)9-8-10-24(22)29)26(32)16-13-20-11-14-21(15-12-20)18(3)4/h8-12,14-15,18-19,25H,6-7,13,16-17H2,1-5H3,(H,30,33)/t19-,25-/m1/s1. The van der Waals surface area contributed by atoms with Crippen molar-refractivity contribution in [2.75, 3.05) is 0 Å². The second kappa shape index (κ2) is 13.0. The third kappa shape index (κ3) is 7.75. The Bertz CT molecular complexity index is 908. The Hall–Kier alpha value is -2.04. The average Bonchev–Trinajstić information content (AvgIpc) is 2.79. The maximum absolute atomic E-state index is 13.4. The molecular formula is C27H36Cl2N2O2. The van der Waals surface area contributed by atoms with Gasteiger partial charge in [-0.25, -0.2) is 0 Å². The monoisotopic (exact) mass is 490 g/mol. The topological polar surface area (TPSA) is 49.4 Å². The SMILES string of the molecule is CC[C@@H](C)NC(=O)[C@@H](CC)N(Cc1c(Cl)cccc1Cl)C(=O)CCc1ccc(C(C)C)cc1. The summed E-state index contributed by atoms with van der Waals surface area (Å²) in [6.07, 6.45) is 2.22. The molecule has 0 unspecified atom stereocenters. The first-order chi connectivity index (χ1) is 15.7. The lowest BCUT2D eigenvalue weighted by molar-refractivity contribution is -0.141. The summed E-state index contributed by atoms with van der Waals surface area (Å²) in [4.78, 5) is 28.1. The van der Waals surface area contributed by atoms with Crippen LogP contribution < -0.4 is 5.32 Å². The van der Waals surface area contributed by atoms with Crippen LogP contribution in [0.5, 0.6) is 0 Å². The van der Waals surface area contributed by atoms with Gasteiger partial charge in [-0.05, 0) is 55.4 Å². The van der Waals surface area contributed by atoms with Crippen LogP contribution in [-0.2, 0) is 22.6 Å². The third-order valence-corrected chi connectivity index (χ3v) is 6.76. The normalized spacial score (nSPS) is 13.0. The first-order valence-electron chi connectivity index (χ1n) is 11.8. The summed E-state index contributed by atoms with van der Waals surface area (Å²) in [7, 11) is 0. The zero-order valence-electron chi connectivity index (χ0n) is 20.3. The second-order valence-corrected chi connectivity index (χ2v) is 9.67. The molecule has 0 aliphatic rings. The van der Waals surface area contributed by atoms with Gasteiger partial charge in [-0.1, -0.05) is 81.2 Å². The van der Waals surface area contributed by atoms with Crippen LogP contribution >= 0.6 is 23.2 Å². The van der Waals surface area contributed by atoms with Crippen LogP contribution in [0.4, 0.5) is 0 Å². The van der Waals surface area contributed by atoms with Crippen molar-refractivity contribution in [2.45, 2.75) is 84.8 Å². The van der Waals surface area contributed by atoms with E-state index in [1.54, 1.807) is 23.1 Å². The number of aryl methyl sites for hydroxylation is 1. The van der Waals surface area contributed by atoms with Crippen molar-refractivity contribution in [3.05, 3.63) is 69.2 Å². The number of nitrogens with one attached hydrogen (secondary N) is 1. The lowest BCUT2D eigenvalue weighted by atomic mass is 10.00. The molecule has 0 saturated carbocycles. The molecule has 0 spiro atoms. The largest absolute Gasteiger partial charge is 0.352 e. The summed E-state index contributed by atoms with van der Waals surface area (Å²) in [6.45, 7) is 10.4. The minimum Gasteiger partial charge on any atom is -0.352 e. The van der Waals surface area contributed by atoms with Crippen molar-refractivity contribution in [1.82, 2.24) is 10.2 Å². The van der Waals surface area contributed by atoms with Crippen molar-refractivity contribution in [2.24, 2.45) is 0 Å². The summed E-state index contributed by atoms with van der Waals surface area (Å²) >= 11 is 12.8. The van der Waals surface area contributed by atoms with Gasteiger partial charge in [0.05, 0.1) is 0 Å². The van der Waals surface area contributed by atoms with Crippen LogP contribution in [0.1, 0.15) is 76.5 Å². The molecule has 2 rings (SSSR count). The molecule has 6 heteroatoms. The predicted molar refractivity (Wildman–Crippen MR) is 138 cm³/mol. The number of hydrogen-bond donors (Lipinski definition) is 1. The van der Waals surface area contributed by atoms with Crippen LogP contribution in [0.2, 0.25) is 10.0 Å². The van der Waals surface area contributed by atoms with Gasteiger partial charge < -0.3 is 10.2 Å². The molecule has 0 aliphatic carbocycles. The van der Waals surface area contributed by atoms with Gasteiger partial charge in [-0.2, -0.15) is 0 Å². The van der Waals surface area contributed by atoms with Crippen molar-refractivity contribution in [1.29, 1.82) is 0 Å². The molecule has 0 aromatic heterocycles. The van der Waals surface area contributed by atoms with E-state index in [-0.39, 0.29) is 24.4 Å². The fraction of sp³-hybridized carbons (Fsp3) is 0.481. The van der Waals surface area contributed by atoms with Crippen LogP contribution in [0.25, 0.3) is 0 Å². The van der Waals surface area contributed by atoms with E-state index in [0.29, 0.717) is 40.8 Å². The molecule has 2 aromatic rings. The summed E-state index contributed by atoms with van der Waals surface area (Å²) < 4.78 is 0. The van der Waals surface area contributed by atoms with Gasteiger partial charge in [0.15, 0.2) is 0 Å². The molecule has 1 N–H and O–H groups in total. The Morgan fingerprint density at radius 3 is 2.06 bits per heavy atom. The molecule has 0 fully saturated rings. The van der Waals surface area contributed by atoms with Crippen molar-refractivity contribution in [3.8, 4) is 0 Å². The molecule has 2 amide bonds. The number of rotatable bonds is 11. The number of amides is 2. The Morgan fingerprint density at radius 1 is 0.939 bits per heavy atom. The minimum absolute atomic E-state index is 0.0341. The van der Waals surface area contributed by atoms with Gasteiger partial charge in [0, 0.05) is 34.6 Å². The van der Waals surface area contributed by atoms with Crippen molar-refractivity contribution in [3.63, 3.8) is 0 Å². The molecule has 4 nitrogen and oxygen atoms in total. The first-order valence-corrected chi connectivity index (χ1v) is 12.5. The van der Waals surface area contributed by atoms with Crippen molar-refractivity contribution >= 4 is 35.0 Å². The molecule has 0 aliphatic heterocycles. The molecule has 0 saturated heterocycles. The zero-order valence-corrected chi connectivity index (χ0v) is 21.8. The van der Waals surface area contributed by atoms with Gasteiger partial charge in [0.2, 0.25) is 11.8 Å². The fourth-order valence-corrected chi connectivity index (χ4v) is 4.20. The molecule has 180 valence electrons. The number of benzene rings is 2. The molecule has 0 bridgehead atoms. The van der Waals surface area contributed by atoms with E-state index in [1.165, 1.54) is 5.56 Å².